The highest BCUT2D eigenvalue weighted by Gasteiger charge is 2.24. The Kier molecular flexibility index (Phi) is 9.17. The van der Waals surface area contributed by atoms with Gasteiger partial charge >= 0.3 is 0 Å². The van der Waals surface area contributed by atoms with Gasteiger partial charge in [-0.15, -0.1) is 0 Å². The highest BCUT2D eigenvalue weighted by atomic mass is 79.9. The number of hydrogen-bond donors (Lipinski definition) is 3. The molecular formula is C29H38BrN5O2S. The van der Waals surface area contributed by atoms with Crippen molar-refractivity contribution in [2.24, 2.45) is 17.8 Å². The SMILES string of the molecule is O=S(=O)(NC[C@H]1CC[C@H](CNc2nc(NCC3CCCCC3)c3ccccc3n2)CC1)c1ccc(Br)cc1. The molecule has 1 aromatic heterocycles. The van der Waals surface area contributed by atoms with Gasteiger partial charge in [-0.25, -0.2) is 18.1 Å². The number of fused-ring (bicyclic) bond motifs is 1. The number of sulfonamides is 1. The van der Waals surface area contributed by atoms with Crippen LogP contribution in [0.15, 0.2) is 57.9 Å². The number of para-hydroxylation sites is 1. The van der Waals surface area contributed by atoms with Crippen molar-refractivity contribution in [3.05, 3.63) is 53.0 Å². The van der Waals surface area contributed by atoms with Crippen LogP contribution in [0.1, 0.15) is 57.8 Å². The third-order valence-electron chi connectivity index (χ3n) is 8.09. The van der Waals surface area contributed by atoms with Gasteiger partial charge in [0.15, 0.2) is 0 Å². The van der Waals surface area contributed by atoms with Gasteiger partial charge in [0.2, 0.25) is 16.0 Å². The van der Waals surface area contributed by atoms with Gasteiger partial charge in [0.05, 0.1) is 10.4 Å². The van der Waals surface area contributed by atoms with E-state index in [0.29, 0.717) is 29.2 Å². The minimum Gasteiger partial charge on any atom is -0.369 e. The molecule has 1 heterocycles. The van der Waals surface area contributed by atoms with Crippen LogP contribution in [0.4, 0.5) is 11.8 Å². The van der Waals surface area contributed by atoms with Crippen LogP contribution in [-0.4, -0.2) is 38.0 Å². The van der Waals surface area contributed by atoms with E-state index in [0.717, 1.165) is 65.9 Å². The summed E-state index contributed by atoms with van der Waals surface area (Å²) >= 11 is 3.35. The second kappa shape index (κ2) is 12.7. The summed E-state index contributed by atoms with van der Waals surface area (Å²) < 4.78 is 28.9. The molecule has 0 spiro atoms. The fourth-order valence-electron chi connectivity index (χ4n) is 5.72. The van der Waals surface area contributed by atoms with Crippen LogP contribution in [-0.2, 0) is 10.0 Å². The molecule has 2 saturated carbocycles. The molecule has 0 bridgehead atoms. The van der Waals surface area contributed by atoms with Crippen molar-refractivity contribution in [1.29, 1.82) is 0 Å². The van der Waals surface area contributed by atoms with Crippen molar-refractivity contribution in [1.82, 2.24) is 14.7 Å². The summed E-state index contributed by atoms with van der Waals surface area (Å²) in [5, 5.41) is 8.21. The van der Waals surface area contributed by atoms with E-state index in [1.807, 2.05) is 12.1 Å². The van der Waals surface area contributed by atoms with Gasteiger partial charge in [0.1, 0.15) is 5.82 Å². The van der Waals surface area contributed by atoms with Crippen LogP contribution < -0.4 is 15.4 Å². The van der Waals surface area contributed by atoms with Gasteiger partial charge < -0.3 is 10.6 Å². The van der Waals surface area contributed by atoms with Crippen LogP contribution in [0.25, 0.3) is 10.9 Å². The quantitative estimate of drug-likeness (QED) is 0.243. The molecule has 3 aromatic rings. The Morgan fingerprint density at radius 3 is 2.11 bits per heavy atom. The van der Waals surface area contributed by atoms with E-state index in [2.05, 4.69) is 43.4 Å². The predicted molar refractivity (Wildman–Crippen MR) is 158 cm³/mol. The molecule has 204 valence electrons. The first-order chi connectivity index (χ1) is 18.5. The van der Waals surface area contributed by atoms with Crippen LogP contribution in [0.5, 0.6) is 0 Å². The molecule has 5 rings (SSSR count). The maximum Gasteiger partial charge on any atom is 0.240 e. The van der Waals surface area contributed by atoms with Crippen LogP contribution in [0.3, 0.4) is 0 Å². The van der Waals surface area contributed by atoms with Crippen molar-refractivity contribution in [2.45, 2.75) is 62.7 Å². The Hall–Kier alpha value is -2.23. The Bertz CT molecular complexity index is 1300. The lowest BCUT2D eigenvalue weighted by Gasteiger charge is -2.28. The molecule has 0 saturated heterocycles. The fourth-order valence-corrected chi connectivity index (χ4v) is 7.10. The molecule has 9 heteroatoms. The highest BCUT2D eigenvalue weighted by Crippen LogP contribution is 2.30. The Labute approximate surface area is 234 Å². The molecule has 0 radical (unpaired) electrons. The lowest BCUT2D eigenvalue weighted by molar-refractivity contribution is 0.284. The van der Waals surface area contributed by atoms with Crippen molar-refractivity contribution in [2.75, 3.05) is 30.3 Å². The van der Waals surface area contributed by atoms with E-state index in [4.69, 9.17) is 9.97 Å². The zero-order chi connectivity index (χ0) is 26.4. The monoisotopic (exact) mass is 599 g/mol. The zero-order valence-electron chi connectivity index (χ0n) is 21.8. The van der Waals surface area contributed by atoms with Gasteiger partial charge in [0, 0.05) is 29.5 Å². The summed E-state index contributed by atoms with van der Waals surface area (Å²) in [6.45, 7) is 2.29. The number of aromatic nitrogens is 2. The molecule has 0 amide bonds. The first-order valence-electron chi connectivity index (χ1n) is 14.0. The van der Waals surface area contributed by atoms with E-state index in [1.165, 1.54) is 32.1 Å². The first-order valence-corrected chi connectivity index (χ1v) is 16.2. The minimum absolute atomic E-state index is 0.307. The van der Waals surface area contributed by atoms with Crippen molar-refractivity contribution < 1.29 is 8.42 Å². The topological polar surface area (TPSA) is 96.0 Å². The van der Waals surface area contributed by atoms with Gasteiger partial charge in [0.25, 0.3) is 0 Å². The molecule has 2 fully saturated rings. The Morgan fingerprint density at radius 1 is 0.737 bits per heavy atom. The third kappa shape index (κ3) is 7.24. The smallest absolute Gasteiger partial charge is 0.240 e. The summed E-state index contributed by atoms with van der Waals surface area (Å²) in [4.78, 5) is 9.95. The number of benzene rings is 2. The molecule has 2 aliphatic carbocycles. The normalized spacial score (nSPS) is 20.9. The Morgan fingerprint density at radius 2 is 1.37 bits per heavy atom. The van der Waals surface area contributed by atoms with Crippen molar-refractivity contribution in [3.8, 4) is 0 Å². The highest BCUT2D eigenvalue weighted by molar-refractivity contribution is 9.10. The van der Waals surface area contributed by atoms with Gasteiger partial charge in [-0.3, -0.25) is 0 Å². The molecule has 3 N–H and O–H groups in total. The van der Waals surface area contributed by atoms with Gasteiger partial charge in [-0.05, 0) is 92.7 Å². The Balaban J connectivity index is 1.12. The summed E-state index contributed by atoms with van der Waals surface area (Å²) in [5.74, 6) is 3.22. The number of nitrogens with one attached hydrogen (secondary N) is 3. The number of anilines is 2. The fraction of sp³-hybridized carbons (Fsp3) is 0.517. The second-order valence-electron chi connectivity index (χ2n) is 10.9. The first kappa shape index (κ1) is 27.3. The van der Waals surface area contributed by atoms with E-state index in [-0.39, 0.29) is 0 Å². The maximum absolute atomic E-state index is 12.6. The van der Waals surface area contributed by atoms with Crippen LogP contribution in [0, 0.1) is 17.8 Å². The van der Waals surface area contributed by atoms with E-state index >= 15 is 0 Å². The van der Waals surface area contributed by atoms with E-state index in [9.17, 15) is 8.42 Å². The molecule has 0 atom stereocenters. The molecule has 0 aliphatic heterocycles. The predicted octanol–water partition coefficient (Wildman–Crippen LogP) is 6.58. The van der Waals surface area contributed by atoms with Gasteiger partial charge in [-0.1, -0.05) is 47.3 Å². The van der Waals surface area contributed by atoms with E-state index < -0.39 is 10.0 Å². The minimum atomic E-state index is -3.48. The van der Waals surface area contributed by atoms with Gasteiger partial charge in [-0.2, -0.15) is 4.98 Å². The number of nitrogens with zero attached hydrogens (tertiary/aromatic N) is 2. The van der Waals surface area contributed by atoms with Crippen molar-refractivity contribution >= 4 is 48.6 Å². The molecule has 0 unspecified atom stereocenters. The zero-order valence-corrected chi connectivity index (χ0v) is 24.2. The number of halogens is 1. The lowest BCUT2D eigenvalue weighted by Crippen LogP contribution is -2.32. The average Bonchev–Trinajstić information content (AvgIpc) is 2.95. The average molecular weight is 601 g/mol. The van der Waals surface area contributed by atoms with Crippen molar-refractivity contribution in [3.63, 3.8) is 0 Å². The second-order valence-corrected chi connectivity index (χ2v) is 13.6. The van der Waals surface area contributed by atoms with Crippen LogP contribution in [0.2, 0.25) is 0 Å². The summed E-state index contributed by atoms with van der Waals surface area (Å²) in [6, 6.07) is 15.0. The summed E-state index contributed by atoms with van der Waals surface area (Å²) in [5.41, 5.74) is 0.956. The number of rotatable bonds is 10. The summed E-state index contributed by atoms with van der Waals surface area (Å²) in [7, 11) is -3.48. The van der Waals surface area contributed by atoms with E-state index in [1.54, 1.807) is 24.3 Å². The third-order valence-corrected chi connectivity index (χ3v) is 10.1. The molecule has 2 aromatic carbocycles. The molecule has 38 heavy (non-hydrogen) atoms. The number of hydrogen-bond acceptors (Lipinski definition) is 6. The molecule has 2 aliphatic rings. The largest absolute Gasteiger partial charge is 0.369 e. The maximum atomic E-state index is 12.6. The standard InChI is InChI=1S/C29H38BrN5O2S/c30-24-14-16-25(17-15-24)38(36,37)33-20-23-12-10-22(11-13-23)19-32-29-34-27-9-5-4-8-26(27)28(35-29)31-18-21-6-2-1-3-7-21/h4-5,8-9,14-17,21-23,33H,1-3,6-7,10-13,18-20H2,(H2,31,32,34,35)/t22-,23-. The molecular weight excluding hydrogens is 562 g/mol. The molecule has 7 nitrogen and oxygen atoms in total. The lowest BCUT2D eigenvalue weighted by atomic mass is 9.82. The summed E-state index contributed by atoms with van der Waals surface area (Å²) in [6.07, 6.45) is 10.8. The van der Waals surface area contributed by atoms with Crippen LogP contribution >= 0.6 is 15.9 Å².